The molecule has 1 aliphatic heterocycles. The Kier molecular flexibility index (Phi) is 5.68. The molecule has 2 rings (SSSR count). The second-order valence-corrected chi connectivity index (χ2v) is 5.14. The first-order valence-electron chi connectivity index (χ1n) is 7.39. The fraction of sp³-hybridized carbons (Fsp3) is 0.625. The molecule has 0 radical (unpaired) electrons. The van der Waals surface area contributed by atoms with Crippen molar-refractivity contribution in [3.8, 4) is 11.5 Å². The summed E-state index contributed by atoms with van der Waals surface area (Å²) in [4.78, 5) is 0. The van der Waals surface area contributed by atoms with Crippen LogP contribution < -0.4 is 14.8 Å². The fourth-order valence-electron chi connectivity index (χ4n) is 2.51. The van der Waals surface area contributed by atoms with Crippen LogP contribution in [0, 0.1) is 0 Å². The minimum absolute atomic E-state index is 0.347. The quantitative estimate of drug-likeness (QED) is 0.833. The smallest absolute Gasteiger partial charge is 0.161 e. The molecule has 1 aliphatic rings. The van der Waals surface area contributed by atoms with Crippen molar-refractivity contribution in [1.29, 1.82) is 0 Å². The number of hydrogen-bond donors (Lipinski definition) is 1. The van der Waals surface area contributed by atoms with Crippen LogP contribution in [0.4, 0.5) is 0 Å². The summed E-state index contributed by atoms with van der Waals surface area (Å²) >= 11 is 0. The molecule has 0 saturated carbocycles. The summed E-state index contributed by atoms with van der Waals surface area (Å²) in [5.41, 5.74) is 1.19. The lowest BCUT2D eigenvalue weighted by molar-refractivity contribution is 0.0832. The molecule has 0 aliphatic carbocycles. The van der Waals surface area contributed by atoms with Crippen LogP contribution in [0.15, 0.2) is 18.2 Å². The second kappa shape index (κ2) is 7.50. The standard InChI is InChI=1S/C16H25NO3/c1-4-19-16-10-13(7-8-15(16)18-3)11-17-12(2)14-6-5-9-20-14/h7-8,10,12,14,17H,4-6,9,11H2,1-3H3. The predicted octanol–water partition coefficient (Wildman–Crippen LogP) is 2.75. The first-order valence-corrected chi connectivity index (χ1v) is 7.39. The van der Waals surface area contributed by atoms with Gasteiger partial charge in [0.15, 0.2) is 11.5 Å². The third-order valence-corrected chi connectivity index (χ3v) is 3.68. The summed E-state index contributed by atoms with van der Waals surface area (Å²) in [6.07, 6.45) is 2.67. The van der Waals surface area contributed by atoms with Crippen LogP contribution in [0.2, 0.25) is 0 Å². The van der Waals surface area contributed by atoms with Crippen molar-refractivity contribution < 1.29 is 14.2 Å². The number of benzene rings is 1. The summed E-state index contributed by atoms with van der Waals surface area (Å²) in [6, 6.07) is 6.43. The molecule has 2 unspecified atom stereocenters. The van der Waals surface area contributed by atoms with E-state index in [2.05, 4.69) is 18.3 Å². The number of methoxy groups -OCH3 is 1. The van der Waals surface area contributed by atoms with E-state index in [4.69, 9.17) is 14.2 Å². The van der Waals surface area contributed by atoms with Crippen LogP contribution in [0.1, 0.15) is 32.3 Å². The van der Waals surface area contributed by atoms with Crippen molar-refractivity contribution in [2.75, 3.05) is 20.3 Å². The Morgan fingerprint density at radius 1 is 1.40 bits per heavy atom. The van der Waals surface area contributed by atoms with Gasteiger partial charge in [0.25, 0.3) is 0 Å². The Bertz CT molecular complexity index is 416. The van der Waals surface area contributed by atoms with Crippen molar-refractivity contribution in [2.45, 2.75) is 45.4 Å². The molecular formula is C16H25NO3. The maximum absolute atomic E-state index is 5.69. The Morgan fingerprint density at radius 3 is 2.90 bits per heavy atom. The molecule has 20 heavy (non-hydrogen) atoms. The van der Waals surface area contributed by atoms with Crippen LogP contribution >= 0.6 is 0 Å². The van der Waals surface area contributed by atoms with Crippen LogP contribution in [0.3, 0.4) is 0 Å². The maximum Gasteiger partial charge on any atom is 0.161 e. The third kappa shape index (κ3) is 3.87. The van der Waals surface area contributed by atoms with Crippen LogP contribution in [0.25, 0.3) is 0 Å². The van der Waals surface area contributed by atoms with Crippen LogP contribution in [0.5, 0.6) is 11.5 Å². The average molecular weight is 279 g/mol. The molecule has 1 N–H and O–H groups in total. The molecule has 0 spiro atoms. The normalized spacial score (nSPS) is 19.9. The van der Waals surface area contributed by atoms with Crippen molar-refractivity contribution in [3.05, 3.63) is 23.8 Å². The van der Waals surface area contributed by atoms with Crippen molar-refractivity contribution in [2.24, 2.45) is 0 Å². The van der Waals surface area contributed by atoms with Crippen molar-refractivity contribution in [1.82, 2.24) is 5.32 Å². The van der Waals surface area contributed by atoms with Gasteiger partial charge in [-0.05, 0) is 44.4 Å². The number of ether oxygens (including phenoxy) is 3. The Balaban J connectivity index is 1.93. The molecule has 2 atom stereocenters. The zero-order valence-electron chi connectivity index (χ0n) is 12.6. The minimum atomic E-state index is 0.347. The van der Waals surface area contributed by atoms with E-state index >= 15 is 0 Å². The topological polar surface area (TPSA) is 39.7 Å². The van der Waals surface area contributed by atoms with Gasteiger partial charge in [-0.3, -0.25) is 0 Å². The average Bonchev–Trinajstić information content (AvgIpc) is 2.99. The van der Waals surface area contributed by atoms with E-state index in [-0.39, 0.29) is 0 Å². The van der Waals surface area contributed by atoms with Crippen LogP contribution in [-0.4, -0.2) is 32.5 Å². The highest BCUT2D eigenvalue weighted by molar-refractivity contribution is 5.42. The number of hydrogen-bond acceptors (Lipinski definition) is 4. The molecule has 4 nitrogen and oxygen atoms in total. The van der Waals surface area contributed by atoms with E-state index in [1.807, 2.05) is 19.1 Å². The van der Waals surface area contributed by atoms with Gasteiger partial charge in [0.1, 0.15) is 0 Å². The van der Waals surface area contributed by atoms with Gasteiger partial charge in [0.05, 0.1) is 19.8 Å². The van der Waals surface area contributed by atoms with E-state index in [1.165, 1.54) is 12.0 Å². The highest BCUT2D eigenvalue weighted by Gasteiger charge is 2.21. The molecule has 0 aromatic heterocycles. The van der Waals surface area contributed by atoms with E-state index in [0.717, 1.165) is 31.1 Å². The van der Waals surface area contributed by atoms with Gasteiger partial charge in [-0.2, -0.15) is 0 Å². The highest BCUT2D eigenvalue weighted by atomic mass is 16.5. The van der Waals surface area contributed by atoms with Crippen LogP contribution in [-0.2, 0) is 11.3 Å². The molecule has 4 heteroatoms. The number of nitrogens with one attached hydrogen (secondary N) is 1. The monoisotopic (exact) mass is 279 g/mol. The van der Waals surface area contributed by atoms with E-state index in [0.29, 0.717) is 18.8 Å². The summed E-state index contributed by atoms with van der Waals surface area (Å²) in [5, 5.41) is 3.53. The molecular weight excluding hydrogens is 254 g/mol. The Labute approximate surface area is 121 Å². The third-order valence-electron chi connectivity index (χ3n) is 3.68. The maximum atomic E-state index is 5.69. The molecule has 1 aromatic carbocycles. The van der Waals surface area contributed by atoms with Crippen molar-refractivity contribution >= 4 is 0 Å². The minimum Gasteiger partial charge on any atom is -0.493 e. The van der Waals surface area contributed by atoms with Gasteiger partial charge >= 0.3 is 0 Å². The zero-order valence-corrected chi connectivity index (χ0v) is 12.6. The van der Waals surface area contributed by atoms with Gasteiger partial charge in [0.2, 0.25) is 0 Å². The lowest BCUT2D eigenvalue weighted by atomic mass is 10.1. The molecule has 0 bridgehead atoms. The fourth-order valence-corrected chi connectivity index (χ4v) is 2.51. The summed E-state index contributed by atoms with van der Waals surface area (Å²) in [7, 11) is 1.66. The lowest BCUT2D eigenvalue weighted by Crippen LogP contribution is -2.36. The van der Waals surface area contributed by atoms with Gasteiger partial charge in [-0.25, -0.2) is 0 Å². The largest absolute Gasteiger partial charge is 0.493 e. The lowest BCUT2D eigenvalue weighted by Gasteiger charge is -2.20. The summed E-state index contributed by atoms with van der Waals surface area (Å²) in [6.45, 7) is 6.51. The highest BCUT2D eigenvalue weighted by Crippen LogP contribution is 2.28. The SMILES string of the molecule is CCOc1cc(CNC(C)C2CCCO2)ccc1OC. The molecule has 1 fully saturated rings. The van der Waals surface area contributed by atoms with E-state index < -0.39 is 0 Å². The first kappa shape index (κ1) is 15.1. The first-order chi connectivity index (χ1) is 9.74. The molecule has 1 aromatic rings. The van der Waals surface area contributed by atoms with E-state index in [1.54, 1.807) is 7.11 Å². The van der Waals surface area contributed by atoms with E-state index in [9.17, 15) is 0 Å². The molecule has 1 saturated heterocycles. The molecule has 0 amide bonds. The molecule has 112 valence electrons. The van der Waals surface area contributed by atoms with Gasteiger partial charge in [-0.1, -0.05) is 6.07 Å². The summed E-state index contributed by atoms with van der Waals surface area (Å²) < 4.78 is 16.6. The molecule has 1 heterocycles. The Hall–Kier alpha value is -1.26. The zero-order chi connectivity index (χ0) is 14.4. The van der Waals surface area contributed by atoms with Crippen molar-refractivity contribution in [3.63, 3.8) is 0 Å². The number of rotatable bonds is 7. The predicted molar refractivity (Wildman–Crippen MR) is 79.4 cm³/mol. The van der Waals surface area contributed by atoms with Gasteiger partial charge in [-0.15, -0.1) is 0 Å². The Morgan fingerprint density at radius 2 is 2.25 bits per heavy atom. The second-order valence-electron chi connectivity index (χ2n) is 5.14. The van der Waals surface area contributed by atoms with Gasteiger partial charge in [0, 0.05) is 19.2 Å². The van der Waals surface area contributed by atoms with Gasteiger partial charge < -0.3 is 19.5 Å². The summed E-state index contributed by atoms with van der Waals surface area (Å²) in [5.74, 6) is 1.59.